The Morgan fingerprint density at radius 3 is 2.50 bits per heavy atom. The summed E-state index contributed by atoms with van der Waals surface area (Å²) in [5.41, 5.74) is 3.48. The Morgan fingerprint density at radius 2 is 1.78 bits per heavy atom. The zero-order valence-corrected chi connectivity index (χ0v) is 21.2. The van der Waals surface area contributed by atoms with Crippen molar-refractivity contribution in [3.63, 3.8) is 0 Å². The van der Waals surface area contributed by atoms with Gasteiger partial charge in [-0.2, -0.15) is 5.10 Å². The van der Waals surface area contributed by atoms with Crippen LogP contribution in [0, 0.1) is 6.92 Å². The van der Waals surface area contributed by atoms with Gasteiger partial charge in [0.25, 0.3) is 11.5 Å². The number of carbonyl (C=O) groups excluding carboxylic acids is 1. The number of hydrogen-bond donors (Lipinski definition) is 1. The molecular formula is C28H26ClN5O2. The molecule has 0 aliphatic rings. The number of aromatic nitrogens is 4. The van der Waals surface area contributed by atoms with Crippen molar-refractivity contribution in [1.82, 2.24) is 24.5 Å². The van der Waals surface area contributed by atoms with Crippen LogP contribution in [0.2, 0.25) is 5.02 Å². The SMILES string of the molecule is Cc1nn2ccc(C(C)C)nc2c1C(=O)N[C@@H](C)c1cc2cccc(Cl)c2c(=O)n1-c1ccccc1. The molecule has 2 aromatic carbocycles. The number of nitrogens with zero attached hydrogens (tertiary/aromatic N) is 4. The number of rotatable bonds is 5. The Bertz CT molecular complexity index is 1670. The van der Waals surface area contributed by atoms with Crippen LogP contribution in [0.1, 0.15) is 60.2 Å². The predicted octanol–water partition coefficient (Wildman–Crippen LogP) is 5.61. The summed E-state index contributed by atoms with van der Waals surface area (Å²) in [4.78, 5) is 31.9. The molecule has 0 spiro atoms. The van der Waals surface area contributed by atoms with E-state index in [9.17, 15) is 9.59 Å². The maximum Gasteiger partial charge on any atom is 0.264 e. The Labute approximate surface area is 213 Å². The molecule has 8 heteroatoms. The van der Waals surface area contributed by atoms with Gasteiger partial charge in [-0.25, -0.2) is 9.50 Å². The Hall–Kier alpha value is -3.97. The van der Waals surface area contributed by atoms with Crippen molar-refractivity contribution in [3.05, 3.63) is 105 Å². The topological polar surface area (TPSA) is 81.3 Å². The van der Waals surface area contributed by atoms with Gasteiger partial charge in [0.05, 0.1) is 22.1 Å². The molecule has 5 rings (SSSR count). The van der Waals surface area contributed by atoms with E-state index in [2.05, 4.69) is 24.3 Å². The summed E-state index contributed by atoms with van der Waals surface area (Å²) in [5.74, 6) is -0.0913. The second kappa shape index (κ2) is 9.24. The molecule has 3 heterocycles. The molecule has 1 N–H and O–H groups in total. The number of pyridine rings is 1. The van der Waals surface area contributed by atoms with E-state index in [-0.39, 0.29) is 17.4 Å². The van der Waals surface area contributed by atoms with Crippen LogP contribution >= 0.6 is 11.6 Å². The first kappa shape index (κ1) is 23.8. The summed E-state index contributed by atoms with van der Waals surface area (Å²) in [7, 11) is 0. The third kappa shape index (κ3) is 4.05. The summed E-state index contributed by atoms with van der Waals surface area (Å²) in [6.45, 7) is 7.76. The number of carbonyl (C=O) groups is 1. The molecule has 0 aliphatic carbocycles. The molecule has 0 radical (unpaired) electrons. The summed E-state index contributed by atoms with van der Waals surface area (Å²) >= 11 is 6.41. The highest BCUT2D eigenvalue weighted by Crippen LogP contribution is 2.26. The molecule has 1 atom stereocenters. The standard InChI is InChI=1S/C28H26ClN5O2/c1-16(2)22-13-14-33-26(31-22)24(18(4)32-33)27(35)30-17(3)23-15-19-9-8-12-21(29)25(19)28(36)34(23)20-10-6-5-7-11-20/h5-17H,1-4H3,(H,30,35)/t17-/m0/s1. The van der Waals surface area contributed by atoms with Crippen LogP contribution in [-0.4, -0.2) is 25.1 Å². The molecule has 182 valence electrons. The quantitative estimate of drug-likeness (QED) is 0.341. The van der Waals surface area contributed by atoms with Gasteiger partial charge in [-0.05, 0) is 55.5 Å². The molecule has 0 aliphatic heterocycles. The Balaban J connectivity index is 1.62. The number of nitrogens with one attached hydrogen (secondary N) is 1. The fourth-order valence-corrected chi connectivity index (χ4v) is 4.75. The largest absolute Gasteiger partial charge is 0.344 e. The minimum absolute atomic E-state index is 0.213. The van der Waals surface area contributed by atoms with Crippen LogP contribution in [0.25, 0.3) is 22.1 Å². The summed E-state index contributed by atoms with van der Waals surface area (Å²) in [6, 6.07) is 18.0. The van der Waals surface area contributed by atoms with E-state index in [1.165, 1.54) is 0 Å². The van der Waals surface area contributed by atoms with Gasteiger partial charge in [0.15, 0.2) is 5.65 Å². The molecule has 36 heavy (non-hydrogen) atoms. The van der Waals surface area contributed by atoms with Crippen molar-refractivity contribution < 1.29 is 4.79 Å². The first-order valence-electron chi connectivity index (χ1n) is 11.8. The number of aryl methyl sites for hydroxylation is 1. The van der Waals surface area contributed by atoms with Gasteiger partial charge in [0.2, 0.25) is 0 Å². The Kier molecular flexibility index (Phi) is 6.10. The van der Waals surface area contributed by atoms with Gasteiger partial charge in [0.1, 0.15) is 5.56 Å². The van der Waals surface area contributed by atoms with E-state index >= 15 is 0 Å². The summed E-state index contributed by atoms with van der Waals surface area (Å²) in [5, 5.41) is 9.08. The highest BCUT2D eigenvalue weighted by molar-refractivity contribution is 6.35. The van der Waals surface area contributed by atoms with Crippen molar-refractivity contribution in [2.24, 2.45) is 0 Å². The highest BCUT2D eigenvalue weighted by atomic mass is 35.5. The van der Waals surface area contributed by atoms with Crippen LogP contribution < -0.4 is 10.9 Å². The fraction of sp³-hybridized carbons (Fsp3) is 0.214. The predicted molar refractivity (Wildman–Crippen MR) is 142 cm³/mol. The first-order valence-corrected chi connectivity index (χ1v) is 12.2. The Morgan fingerprint density at radius 1 is 1.03 bits per heavy atom. The van der Waals surface area contributed by atoms with E-state index in [1.807, 2.05) is 67.7 Å². The van der Waals surface area contributed by atoms with Crippen LogP contribution in [0.5, 0.6) is 0 Å². The lowest BCUT2D eigenvalue weighted by Gasteiger charge is -2.21. The van der Waals surface area contributed by atoms with Crippen molar-refractivity contribution in [2.45, 2.75) is 39.7 Å². The normalized spacial score (nSPS) is 12.4. The van der Waals surface area contributed by atoms with Gasteiger partial charge >= 0.3 is 0 Å². The maximum absolute atomic E-state index is 13.7. The van der Waals surface area contributed by atoms with Crippen molar-refractivity contribution in [3.8, 4) is 5.69 Å². The van der Waals surface area contributed by atoms with Crippen molar-refractivity contribution in [2.75, 3.05) is 0 Å². The molecule has 3 aromatic heterocycles. The van der Waals surface area contributed by atoms with Crippen LogP contribution in [0.4, 0.5) is 0 Å². The van der Waals surface area contributed by atoms with Gasteiger partial charge < -0.3 is 5.32 Å². The van der Waals surface area contributed by atoms with E-state index < -0.39 is 6.04 Å². The number of benzene rings is 2. The van der Waals surface area contributed by atoms with Gasteiger partial charge in [-0.1, -0.05) is 55.8 Å². The number of fused-ring (bicyclic) bond motifs is 2. The smallest absolute Gasteiger partial charge is 0.264 e. The van der Waals surface area contributed by atoms with Gasteiger partial charge in [-0.3, -0.25) is 14.2 Å². The van der Waals surface area contributed by atoms with Crippen LogP contribution in [0.3, 0.4) is 0 Å². The monoisotopic (exact) mass is 499 g/mol. The lowest BCUT2D eigenvalue weighted by molar-refractivity contribution is 0.0939. The van der Waals surface area contributed by atoms with Gasteiger partial charge in [0, 0.05) is 23.3 Å². The fourth-order valence-electron chi connectivity index (χ4n) is 4.48. The number of para-hydroxylation sites is 1. The van der Waals surface area contributed by atoms with Gasteiger partial charge in [-0.15, -0.1) is 0 Å². The van der Waals surface area contributed by atoms with Crippen LogP contribution in [0.15, 0.2) is 71.7 Å². The molecule has 1 amide bonds. The van der Waals surface area contributed by atoms with Crippen LogP contribution in [-0.2, 0) is 0 Å². The van der Waals surface area contributed by atoms with E-state index in [4.69, 9.17) is 16.6 Å². The molecule has 0 bridgehead atoms. The minimum atomic E-state index is -0.503. The average Bonchev–Trinajstić information content (AvgIpc) is 3.19. The number of halogens is 1. The summed E-state index contributed by atoms with van der Waals surface area (Å²) in [6.07, 6.45) is 1.82. The van der Waals surface area contributed by atoms with E-state index in [0.29, 0.717) is 44.1 Å². The lowest BCUT2D eigenvalue weighted by atomic mass is 10.1. The third-order valence-corrected chi connectivity index (χ3v) is 6.65. The molecule has 7 nitrogen and oxygen atoms in total. The summed E-state index contributed by atoms with van der Waals surface area (Å²) < 4.78 is 3.23. The van der Waals surface area contributed by atoms with Crippen molar-refractivity contribution in [1.29, 1.82) is 0 Å². The third-order valence-electron chi connectivity index (χ3n) is 6.33. The second-order valence-corrected chi connectivity index (χ2v) is 9.59. The zero-order chi connectivity index (χ0) is 25.6. The number of hydrogen-bond acceptors (Lipinski definition) is 4. The molecule has 0 saturated carbocycles. The lowest BCUT2D eigenvalue weighted by Crippen LogP contribution is -2.32. The molecule has 0 saturated heterocycles. The average molecular weight is 500 g/mol. The molecule has 0 fully saturated rings. The maximum atomic E-state index is 13.7. The highest BCUT2D eigenvalue weighted by Gasteiger charge is 2.24. The molecule has 5 aromatic rings. The van der Waals surface area contributed by atoms with E-state index in [0.717, 1.165) is 5.69 Å². The van der Waals surface area contributed by atoms with Crippen molar-refractivity contribution >= 4 is 33.9 Å². The minimum Gasteiger partial charge on any atom is -0.344 e. The first-order chi connectivity index (χ1) is 17.3. The molecule has 0 unspecified atom stereocenters. The number of amides is 1. The molecular weight excluding hydrogens is 474 g/mol. The zero-order valence-electron chi connectivity index (χ0n) is 20.5. The van der Waals surface area contributed by atoms with E-state index in [1.54, 1.807) is 22.1 Å². The second-order valence-electron chi connectivity index (χ2n) is 9.18.